The first-order chi connectivity index (χ1) is 13.3. The maximum absolute atomic E-state index is 13.3. The van der Waals surface area contributed by atoms with Crippen LogP contribution in [0.25, 0.3) is 0 Å². The van der Waals surface area contributed by atoms with Crippen molar-refractivity contribution in [2.75, 3.05) is 13.7 Å². The number of amides is 1. The second-order valence-corrected chi connectivity index (χ2v) is 9.56. The van der Waals surface area contributed by atoms with E-state index in [0.29, 0.717) is 12.1 Å². The molecule has 1 fully saturated rings. The number of ether oxygens (including phenoxy) is 1. The Bertz CT molecular complexity index is 764. The SMILES string of the molecule is CCCCCC(C)NC(=O)c1ccc(OC)c(S(=O)(=O)N2CCCCC2C)c1. The van der Waals surface area contributed by atoms with Crippen molar-refractivity contribution in [2.24, 2.45) is 0 Å². The number of unbranched alkanes of at least 4 members (excludes halogenated alkanes) is 2. The van der Waals surface area contributed by atoms with Gasteiger partial charge in [-0.25, -0.2) is 8.42 Å². The number of carbonyl (C=O) groups excluding carboxylic acids is 1. The average Bonchev–Trinajstić information content (AvgIpc) is 2.67. The summed E-state index contributed by atoms with van der Waals surface area (Å²) in [7, 11) is -2.28. The van der Waals surface area contributed by atoms with E-state index in [0.717, 1.165) is 44.9 Å². The fraction of sp³-hybridized carbons (Fsp3) is 0.667. The van der Waals surface area contributed by atoms with Crippen LogP contribution in [0.5, 0.6) is 5.75 Å². The van der Waals surface area contributed by atoms with Crippen LogP contribution >= 0.6 is 0 Å². The summed E-state index contributed by atoms with van der Waals surface area (Å²) < 4.78 is 33.4. The number of rotatable bonds is 9. The van der Waals surface area contributed by atoms with Gasteiger partial charge in [0.15, 0.2) is 0 Å². The summed E-state index contributed by atoms with van der Waals surface area (Å²) in [4.78, 5) is 12.7. The van der Waals surface area contributed by atoms with Gasteiger partial charge in [-0.2, -0.15) is 4.31 Å². The lowest BCUT2D eigenvalue weighted by Crippen LogP contribution is -2.42. The molecule has 0 radical (unpaired) electrons. The van der Waals surface area contributed by atoms with E-state index < -0.39 is 10.0 Å². The number of sulfonamides is 1. The normalized spacial score (nSPS) is 19.2. The van der Waals surface area contributed by atoms with Crippen molar-refractivity contribution in [3.8, 4) is 5.75 Å². The summed E-state index contributed by atoms with van der Waals surface area (Å²) in [6.07, 6.45) is 6.97. The standard InChI is InChI=1S/C21H34N2O4S/c1-5-6-7-10-16(2)22-21(24)18-12-13-19(27-4)20(15-18)28(25,26)23-14-9-8-11-17(23)3/h12-13,15-17H,5-11,14H2,1-4H3,(H,22,24). The van der Waals surface area contributed by atoms with E-state index in [9.17, 15) is 13.2 Å². The highest BCUT2D eigenvalue weighted by Gasteiger charge is 2.33. The van der Waals surface area contributed by atoms with Gasteiger partial charge in [0.1, 0.15) is 10.6 Å². The highest BCUT2D eigenvalue weighted by atomic mass is 32.2. The zero-order chi connectivity index (χ0) is 20.7. The Morgan fingerprint density at radius 3 is 2.71 bits per heavy atom. The van der Waals surface area contributed by atoms with Gasteiger partial charge >= 0.3 is 0 Å². The molecule has 1 aromatic rings. The molecule has 2 atom stereocenters. The molecule has 28 heavy (non-hydrogen) atoms. The van der Waals surface area contributed by atoms with Crippen LogP contribution in [0.4, 0.5) is 0 Å². The zero-order valence-corrected chi connectivity index (χ0v) is 18.3. The molecular weight excluding hydrogens is 376 g/mol. The van der Waals surface area contributed by atoms with Crippen LogP contribution in [0.2, 0.25) is 0 Å². The number of benzene rings is 1. The van der Waals surface area contributed by atoms with Crippen LogP contribution in [0.15, 0.2) is 23.1 Å². The molecule has 7 heteroatoms. The Balaban J connectivity index is 2.24. The van der Waals surface area contributed by atoms with Gasteiger partial charge in [-0.3, -0.25) is 4.79 Å². The van der Waals surface area contributed by atoms with E-state index in [1.165, 1.54) is 17.5 Å². The van der Waals surface area contributed by atoms with Crippen LogP contribution in [-0.4, -0.2) is 44.4 Å². The monoisotopic (exact) mass is 410 g/mol. The number of nitrogens with one attached hydrogen (secondary N) is 1. The molecule has 1 heterocycles. The first-order valence-electron chi connectivity index (χ1n) is 10.3. The van der Waals surface area contributed by atoms with Gasteiger partial charge in [0.2, 0.25) is 10.0 Å². The predicted molar refractivity (Wildman–Crippen MR) is 111 cm³/mol. The fourth-order valence-electron chi connectivity index (χ4n) is 3.65. The minimum atomic E-state index is -3.73. The third-order valence-electron chi connectivity index (χ3n) is 5.37. The molecule has 1 aliphatic heterocycles. The number of hydrogen-bond acceptors (Lipinski definition) is 4. The molecule has 0 saturated carbocycles. The zero-order valence-electron chi connectivity index (χ0n) is 17.5. The quantitative estimate of drug-likeness (QED) is 0.625. The molecule has 158 valence electrons. The lowest BCUT2D eigenvalue weighted by molar-refractivity contribution is 0.0937. The minimum Gasteiger partial charge on any atom is -0.495 e. The molecule has 0 bridgehead atoms. The van der Waals surface area contributed by atoms with Gasteiger partial charge in [-0.15, -0.1) is 0 Å². The lowest BCUT2D eigenvalue weighted by Gasteiger charge is -2.32. The Hall–Kier alpha value is -1.60. The summed E-state index contributed by atoms with van der Waals surface area (Å²) in [5.74, 6) is 0.0140. The van der Waals surface area contributed by atoms with Gasteiger partial charge in [-0.05, 0) is 51.3 Å². The molecule has 0 aromatic heterocycles. The van der Waals surface area contributed by atoms with Gasteiger partial charge < -0.3 is 10.1 Å². The molecule has 1 amide bonds. The molecule has 0 spiro atoms. The fourth-order valence-corrected chi connectivity index (χ4v) is 5.54. The van der Waals surface area contributed by atoms with Crippen LogP contribution in [0, 0.1) is 0 Å². The average molecular weight is 411 g/mol. The predicted octanol–water partition coefficient (Wildman–Crippen LogP) is 3.96. The molecule has 1 saturated heterocycles. The second-order valence-electron chi connectivity index (χ2n) is 7.70. The number of hydrogen-bond donors (Lipinski definition) is 1. The van der Waals surface area contributed by atoms with Crippen LogP contribution in [-0.2, 0) is 10.0 Å². The number of piperidine rings is 1. The molecular formula is C21H34N2O4S. The van der Waals surface area contributed by atoms with E-state index in [4.69, 9.17) is 4.74 Å². The second kappa shape index (κ2) is 10.3. The van der Waals surface area contributed by atoms with Crippen molar-refractivity contribution in [1.82, 2.24) is 9.62 Å². The summed E-state index contributed by atoms with van der Waals surface area (Å²) in [5.41, 5.74) is 0.339. The highest BCUT2D eigenvalue weighted by molar-refractivity contribution is 7.89. The highest BCUT2D eigenvalue weighted by Crippen LogP contribution is 2.31. The maximum Gasteiger partial charge on any atom is 0.251 e. The summed E-state index contributed by atoms with van der Waals surface area (Å²) in [6.45, 7) is 6.55. The van der Waals surface area contributed by atoms with Crippen molar-refractivity contribution >= 4 is 15.9 Å². The van der Waals surface area contributed by atoms with Gasteiger partial charge in [0.25, 0.3) is 5.91 Å². The van der Waals surface area contributed by atoms with Crippen molar-refractivity contribution in [2.45, 2.75) is 82.7 Å². The van der Waals surface area contributed by atoms with Crippen molar-refractivity contribution < 1.29 is 17.9 Å². The van der Waals surface area contributed by atoms with E-state index in [1.807, 2.05) is 13.8 Å². The Labute approximate surface area is 169 Å². The molecule has 2 rings (SSSR count). The summed E-state index contributed by atoms with van der Waals surface area (Å²) in [5, 5.41) is 2.97. The number of methoxy groups -OCH3 is 1. The maximum atomic E-state index is 13.3. The summed E-state index contributed by atoms with van der Waals surface area (Å²) >= 11 is 0. The van der Waals surface area contributed by atoms with Gasteiger partial charge in [0.05, 0.1) is 7.11 Å². The van der Waals surface area contributed by atoms with E-state index in [1.54, 1.807) is 12.1 Å². The van der Waals surface area contributed by atoms with E-state index in [-0.39, 0.29) is 28.6 Å². The minimum absolute atomic E-state index is 0.0447. The smallest absolute Gasteiger partial charge is 0.251 e. The van der Waals surface area contributed by atoms with Crippen molar-refractivity contribution in [3.05, 3.63) is 23.8 Å². The third kappa shape index (κ3) is 5.47. The molecule has 1 aromatic carbocycles. The molecule has 6 nitrogen and oxygen atoms in total. The van der Waals surface area contributed by atoms with Crippen LogP contribution in [0.3, 0.4) is 0 Å². The van der Waals surface area contributed by atoms with Crippen molar-refractivity contribution in [3.63, 3.8) is 0 Å². The van der Waals surface area contributed by atoms with Gasteiger partial charge in [-0.1, -0.05) is 32.6 Å². The Kier molecular flexibility index (Phi) is 8.31. The largest absolute Gasteiger partial charge is 0.495 e. The third-order valence-corrected chi connectivity index (χ3v) is 7.41. The van der Waals surface area contributed by atoms with E-state index >= 15 is 0 Å². The summed E-state index contributed by atoms with van der Waals surface area (Å²) in [6, 6.07) is 4.62. The van der Waals surface area contributed by atoms with Crippen molar-refractivity contribution in [1.29, 1.82) is 0 Å². The van der Waals surface area contributed by atoms with Crippen LogP contribution in [0.1, 0.15) is 76.1 Å². The molecule has 2 unspecified atom stereocenters. The first kappa shape index (κ1) is 22.7. The Morgan fingerprint density at radius 1 is 1.32 bits per heavy atom. The topological polar surface area (TPSA) is 75.7 Å². The molecule has 1 N–H and O–H groups in total. The van der Waals surface area contributed by atoms with E-state index in [2.05, 4.69) is 12.2 Å². The van der Waals surface area contributed by atoms with Crippen LogP contribution < -0.4 is 10.1 Å². The van der Waals surface area contributed by atoms with Gasteiger partial charge in [0, 0.05) is 24.2 Å². The molecule has 1 aliphatic rings. The lowest BCUT2D eigenvalue weighted by atomic mass is 10.1. The number of carbonyl (C=O) groups is 1. The Morgan fingerprint density at radius 2 is 2.07 bits per heavy atom. The first-order valence-corrected chi connectivity index (χ1v) is 11.8. The molecule has 0 aliphatic carbocycles. The number of nitrogens with zero attached hydrogens (tertiary/aromatic N) is 1.